The van der Waals surface area contributed by atoms with E-state index in [-0.39, 0.29) is 0 Å². The molecule has 1 aliphatic heterocycles. The summed E-state index contributed by atoms with van der Waals surface area (Å²) in [5, 5.41) is 10.4. The highest BCUT2D eigenvalue weighted by atomic mass is 32.2. The zero-order chi connectivity index (χ0) is 13.4. The van der Waals surface area contributed by atoms with Crippen molar-refractivity contribution in [3.63, 3.8) is 0 Å². The van der Waals surface area contributed by atoms with Gasteiger partial charge in [0.2, 0.25) is 0 Å². The topological polar surface area (TPSA) is 55.5 Å². The Balaban J connectivity index is 2.31. The molecule has 1 heterocycles. The molecule has 0 bridgehead atoms. The van der Waals surface area contributed by atoms with E-state index in [2.05, 4.69) is 6.58 Å². The molecule has 1 saturated heterocycles. The maximum atomic E-state index is 10.4. The Morgan fingerprint density at radius 3 is 2.78 bits per heavy atom. The molecule has 0 amide bonds. The highest BCUT2D eigenvalue weighted by molar-refractivity contribution is 7.99. The average molecular weight is 271 g/mol. The van der Waals surface area contributed by atoms with Crippen molar-refractivity contribution in [3.05, 3.63) is 24.0 Å². The van der Waals surface area contributed by atoms with E-state index in [1.807, 2.05) is 24.8 Å². The fourth-order valence-corrected chi connectivity index (χ4v) is 3.27. The van der Waals surface area contributed by atoms with Gasteiger partial charge in [-0.3, -0.25) is 0 Å². The third-order valence-corrected chi connectivity index (χ3v) is 4.18. The lowest BCUT2D eigenvalue weighted by Crippen LogP contribution is -2.33. The molecule has 0 aromatic carbocycles. The van der Waals surface area contributed by atoms with Gasteiger partial charge in [0, 0.05) is 6.54 Å². The lowest BCUT2D eigenvalue weighted by Gasteiger charge is -2.31. The van der Waals surface area contributed by atoms with Crippen LogP contribution < -0.4 is 5.73 Å². The molecule has 4 heteroatoms. The summed E-state index contributed by atoms with van der Waals surface area (Å²) in [6, 6.07) is 0. The highest BCUT2D eigenvalue weighted by Crippen LogP contribution is 2.31. The monoisotopic (exact) mass is 271 g/mol. The Morgan fingerprint density at radius 2 is 2.17 bits per heavy atom. The fourth-order valence-electron chi connectivity index (χ4n) is 2.02. The van der Waals surface area contributed by atoms with Crippen molar-refractivity contribution in [2.75, 3.05) is 24.7 Å². The predicted molar refractivity (Wildman–Crippen MR) is 78.6 cm³/mol. The Labute approximate surface area is 114 Å². The molecule has 0 unspecified atom stereocenters. The van der Waals surface area contributed by atoms with Gasteiger partial charge in [0.05, 0.1) is 18.0 Å². The van der Waals surface area contributed by atoms with E-state index >= 15 is 0 Å². The quantitative estimate of drug-likeness (QED) is 0.552. The molecule has 18 heavy (non-hydrogen) atoms. The molecule has 0 aromatic rings. The van der Waals surface area contributed by atoms with Crippen molar-refractivity contribution in [1.82, 2.24) is 0 Å². The van der Waals surface area contributed by atoms with E-state index < -0.39 is 5.60 Å². The minimum absolute atomic E-state index is 0.478. The van der Waals surface area contributed by atoms with Crippen molar-refractivity contribution >= 4 is 11.8 Å². The lowest BCUT2D eigenvalue weighted by atomic mass is 9.89. The number of allylic oxidation sites excluding steroid dienone is 3. The van der Waals surface area contributed by atoms with Crippen LogP contribution in [0.15, 0.2) is 24.0 Å². The van der Waals surface area contributed by atoms with E-state index in [0.29, 0.717) is 13.2 Å². The number of aliphatic hydroxyl groups is 1. The minimum Gasteiger partial charge on any atom is -0.497 e. The SMILES string of the molecule is C=C(/C=C(\C)OCCN)CCC1(O)CCSCC1. The van der Waals surface area contributed by atoms with Crippen LogP contribution in [0.25, 0.3) is 0 Å². The minimum atomic E-state index is -0.478. The van der Waals surface area contributed by atoms with Gasteiger partial charge in [-0.2, -0.15) is 11.8 Å². The van der Waals surface area contributed by atoms with E-state index in [0.717, 1.165) is 48.5 Å². The molecule has 0 atom stereocenters. The van der Waals surface area contributed by atoms with E-state index in [9.17, 15) is 5.11 Å². The van der Waals surface area contributed by atoms with E-state index in [4.69, 9.17) is 10.5 Å². The second-order valence-electron chi connectivity index (χ2n) is 4.89. The largest absolute Gasteiger partial charge is 0.497 e. The fraction of sp³-hybridized carbons (Fsp3) is 0.714. The number of thioether (sulfide) groups is 1. The Hall–Kier alpha value is -0.450. The summed E-state index contributed by atoms with van der Waals surface area (Å²) < 4.78 is 5.39. The summed E-state index contributed by atoms with van der Waals surface area (Å²) >= 11 is 1.92. The number of rotatable bonds is 7. The van der Waals surface area contributed by atoms with Crippen LogP contribution in [-0.4, -0.2) is 35.4 Å². The first-order valence-corrected chi connectivity index (χ1v) is 7.70. The van der Waals surface area contributed by atoms with Crippen molar-refractivity contribution in [1.29, 1.82) is 0 Å². The van der Waals surface area contributed by atoms with Crippen LogP contribution in [-0.2, 0) is 4.74 Å². The summed E-state index contributed by atoms with van der Waals surface area (Å²) in [6.45, 7) is 6.99. The molecule has 0 radical (unpaired) electrons. The lowest BCUT2D eigenvalue weighted by molar-refractivity contribution is 0.0238. The smallest absolute Gasteiger partial charge is 0.0999 e. The molecule has 0 aliphatic carbocycles. The van der Waals surface area contributed by atoms with Crippen LogP contribution in [0.5, 0.6) is 0 Å². The van der Waals surface area contributed by atoms with Gasteiger partial charge >= 0.3 is 0 Å². The predicted octanol–water partition coefficient (Wildman–Crippen LogP) is 2.46. The molecule has 1 fully saturated rings. The summed E-state index contributed by atoms with van der Waals surface area (Å²) in [5.41, 5.74) is 5.90. The van der Waals surface area contributed by atoms with Crippen molar-refractivity contribution in [2.24, 2.45) is 5.73 Å². The molecule has 1 aliphatic rings. The molecule has 1 rings (SSSR count). The van der Waals surface area contributed by atoms with Crippen LogP contribution >= 0.6 is 11.8 Å². The highest BCUT2D eigenvalue weighted by Gasteiger charge is 2.28. The van der Waals surface area contributed by atoms with Crippen LogP contribution in [0.2, 0.25) is 0 Å². The average Bonchev–Trinajstić information content (AvgIpc) is 2.35. The zero-order valence-corrected chi connectivity index (χ0v) is 12.1. The van der Waals surface area contributed by atoms with Crippen LogP contribution in [0.1, 0.15) is 32.6 Å². The molecule has 0 spiro atoms. The van der Waals surface area contributed by atoms with Crippen molar-refractivity contribution < 1.29 is 9.84 Å². The molecule has 104 valence electrons. The third kappa shape index (κ3) is 5.94. The summed E-state index contributed by atoms with van der Waals surface area (Å²) in [7, 11) is 0. The third-order valence-electron chi connectivity index (χ3n) is 3.19. The maximum Gasteiger partial charge on any atom is 0.0999 e. The number of hydrogen-bond acceptors (Lipinski definition) is 4. The van der Waals surface area contributed by atoms with Gasteiger partial charge in [-0.25, -0.2) is 0 Å². The van der Waals surface area contributed by atoms with Crippen LogP contribution in [0.4, 0.5) is 0 Å². The molecule has 0 saturated carbocycles. The first kappa shape index (κ1) is 15.6. The zero-order valence-electron chi connectivity index (χ0n) is 11.3. The van der Waals surface area contributed by atoms with Gasteiger partial charge in [-0.1, -0.05) is 12.2 Å². The Bertz CT molecular complexity index is 296. The van der Waals surface area contributed by atoms with E-state index in [1.165, 1.54) is 0 Å². The van der Waals surface area contributed by atoms with E-state index in [1.54, 1.807) is 0 Å². The second kappa shape index (κ2) is 7.87. The molecular weight excluding hydrogens is 246 g/mol. The number of nitrogens with two attached hydrogens (primary N) is 1. The molecule has 0 aromatic heterocycles. The Morgan fingerprint density at radius 1 is 1.50 bits per heavy atom. The van der Waals surface area contributed by atoms with Crippen LogP contribution in [0, 0.1) is 0 Å². The van der Waals surface area contributed by atoms with Crippen molar-refractivity contribution in [3.8, 4) is 0 Å². The second-order valence-corrected chi connectivity index (χ2v) is 6.11. The first-order chi connectivity index (χ1) is 8.56. The number of ether oxygens (including phenoxy) is 1. The van der Waals surface area contributed by atoms with Gasteiger partial charge < -0.3 is 15.6 Å². The summed E-state index contributed by atoms with van der Waals surface area (Å²) in [4.78, 5) is 0. The van der Waals surface area contributed by atoms with Gasteiger partial charge in [0.1, 0.15) is 0 Å². The Kier molecular flexibility index (Phi) is 6.82. The van der Waals surface area contributed by atoms with Gasteiger partial charge in [-0.05, 0) is 50.2 Å². The van der Waals surface area contributed by atoms with Crippen molar-refractivity contribution in [2.45, 2.75) is 38.2 Å². The molecular formula is C14H25NO2S. The standard InChI is InChI=1S/C14H25NO2S/c1-12(11-13(2)17-8-7-15)3-4-14(16)5-9-18-10-6-14/h11,16H,1,3-10,15H2,2H3/b13-11+. The molecule has 3 nitrogen and oxygen atoms in total. The van der Waals surface area contributed by atoms with Gasteiger partial charge in [-0.15, -0.1) is 0 Å². The maximum absolute atomic E-state index is 10.4. The van der Waals surface area contributed by atoms with Gasteiger partial charge in [0.25, 0.3) is 0 Å². The normalized spacial score (nSPS) is 19.6. The van der Waals surface area contributed by atoms with Gasteiger partial charge in [0.15, 0.2) is 0 Å². The first-order valence-electron chi connectivity index (χ1n) is 6.55. The summed E-state index contributed by atoms with van der Waals surface area (Å²) in [6.07, 6.45) is 5.36. The molecule has 3 N–H and O–H groups in total. The number of hydrogen-bond donors (Lipinski definition) is 2. The van der Waals surface area contributed by atoms with Crippen LogP contribution in [0.3, 0.4) is 0 Å². The summed E-state index contributed by atoms with van der Waals surface area (Å²) in [5.74, 6) is 2.98.